The van der Waals surface area contributed by atoms with E-state index in [9.17, 15) is 0 Å². The highest BCUT2D eigenvalue weighted by Crippen LogP contribution is 2.51. The molecule has 0 N–H and O–H groups in total. The number of benzene rings is 6. The number of fused-ring (bicyclic) bond motifs is 4. The van der Waals surface area contributed by atoms with Crippen LogP contribution in [0.25, 0.3) is 44.8 Å². The van der Waals surface area contributed by atoms with Crippen molar-refractivity contribution in [3.63, 3.8) is 0 Å². The predicted molar refractivity (Wildman–Crippen MR) is 190 cm³/mol. The quantitative estimate of drug-likeness (QED) is 0.180. The van der Waals surface area contributed by atoms with Crippen LogP contribution in [0.5, 0.6) is 0 Å². The SMILES string of the molecule is CCc1ccc(C2=Cc3ccccc3C2CCC2C(c3ccc(CC)c4ccccc34)=Cc3ccccc32)c2ccccc12. The highest BCUT2D eigenvalue weighted by molar-refractivity contribution is 6.04. The van der Waals surface area contributed by atoms with E-state index in [1.165, 1.54) is 77.2 Å². The lowest BCUT2D eigenvalue weighted by Crippen LogP contribution is -2.06. The van der Waals surface area contributed by atoms with Crippen molar-refractivity contribution in [2.24, 2.45) is 0 Å². The highest BCUT2D eigenvalue weighted by Gasteiger charge is 2.32. The molecule has 2 atom stereocenters. The number of rotatable bonds is 7. The normalized spacial score (nSPS) is 17.0. The molecule has 0 bridgehead atoms. The topological polar surface area (TPSA) is 0 Å². The molecule has 2 aliphatic rings. The minimum Gasteiger partial charge on any atom is -0.0619 e. The van der Waals surface area contributed by atoms with Gasteiger partial charge in [-0.2, -0.15) is 0 Å². The summed E-state index contributed by atoms with van der Waals surface area (Å²) in [5.74, 6) is 0.741. The van der Waals surface area contributed by atoms with Gasteiger partial charge in [-0.05, 0) is 103 Å². The van der Waals surface area contributed by atoms with Gasteiger partial charge >= 0.3 is 0 Å². The maximum Gasteiger partial charge on any atom is 0.0102 e. The largest absolute Gasteiger partial charge is 0.0619 e. The summed E-state index contributed by atoms with van der Waals surface area (Å²) in [7, 11) is 0. The third-order valence-electron chi connectivity index (χ3n) is 10.3. The summed E-state index contributed by atoms with van der Waals surface area (Å²) >= 11 is 0. The van der Waals surface area contributed by atoms with Crippen LogP contribution in [-0.2, 0) is 12.8 Å². The van der Waals surface area contributed by atoms with E-state index in [0.29, 0.717) is 11.8 Å². The van der Waals surface area contributed by atoms with Crippen LogP contribution in [0.1, 0.15) is 83.0 Å². The zero-order valence-electron chi connectivity index (χ0n) is 25.7. The molecular weight excluding hydrogens is 528 g/mol. The molecule has 8 rings (SSSR count). The Bertz CT molecular complexity index is 1950. The third kappa shape index (κ3) is 4.36. The van der Waals surface area contributed by atoms with Gasteiger partial charge in [0.15, 0.2) is 0 Å². The minimum absolute atomic E-state index is 0.371. The van der Waals surface area contributed by atoms with Crippen molar-refractivity contribution in [3.05, 3.63) is 166 Å². The molecule has 0 aromatic heterocycles. The molecule has 0 amide bonds. The fourth-order valence-electron chi connectivity index (χ4n) is 8.12. The lowest BCUT2D eigenvalue weighted by Gasteiger charge is -2.24. The van der Waals surface area contributed by atoms with Crippen molar-refractivity contribution < 1.29 is 0 Å². The molecule has 0 heteroatoms. The molecule has 44 heavy (non-hydrogen) atoms. The van der Waals surface area contributed by atoms with Gasteiger partial charge < -0.3 is 0 Å². The molecular formula is C44H38. The summed E-state index contributed by atoms with van der Waals surface area (Å²) in [6.45, 7) is 4.52. The second-order valence-electron chi connectivity index (χ2n) is 12.5. The summed E-state index contributed by atoms with van der Waals surface area (Å²) in [4.78, 5) is 0. The van der Waals surface area contributed by atoms with E-state index in [2.05, 4.69) is 147 Å². The predicted octanol–water partition coefficient (Wildman–Crippen LogP) is 11.9. The zero-order valence-corrected chi connectivity index (χ0v) is 25.7. The van der Waals surface area contributed by atoms with E-state index in [-0.39, 0.29) is 0 Å². The van der Waals surface area contributed by atoms with E-state index >= 15 is 0 Å². The minimum atomic E-state index is 0.371. The second kappa shape index (κ2) is 11.1. The fraction of sp³-hybridized carbons (Fsp3) is 0.182. The molecule has 6 aromatic carbocycles. The van der Waals surface area contributed by atoms with Gasteiger partial charge in [0, 0.05) is 11.8 Å². The summed E-state index contributed by atoms with van der Waals surface area (Å²) < 4.78 is 0. The smallest absolute Gasteiger partial charge is 0.0102 e. The van der Waals surface area contributed by atoms with Gasteiger partial charge in [0.25, 0.3) is 0 Å². The zero-order chi connectivity index (χ0) is 29.6. The van der Waals surface area contributed by atoms with E-state index in [0.717, 1.165) is 25.7 Å². The Labute approximate surface area is 261 Å². The molecule has 2 unspecified atom stereocenters. The highest BCUT2D eigenvalue weighted by atomic mass is 14.4. The summed E-state index contributed by atoms with van der Waals surface area (Å²) in [5.41, 5.74) is 14.3. The first kappa shape index (κ1) is 26.9. The third-order valence-corrected chi connectivity index (χ3v) is 10.3. The number of aryl methyl sites for hydroxylation is 2. The van der Waals surface area contributed by atoms with Gasteiger partial charge in [-0.3, -0.25) is 0 Å². The van der Waals surface area contributed by atoms with Crippen LogP contribution in [0.15, 0.2) is 121 Å². The van der Waals surface area contributed by atoms with Crippen LogP contribution in [-0.4, -0.2) is 0 Å². The van der Waals surface area contributed by atoms with Crippen molar-refractivity contribution in [1.82, 2.24) is 0 Å². The lowest BCUT2D eigenvalue weighted by molar-refractivity contribution is 0.657. The summed E-state index contributed by atoms with van der Waals surface area (Å²) in [6, 6.07) is 45.7. The van der Waals surface area contributed by atoms with Crippen molar-refractivity contribution >= 4 is 44.8 Å². The van der Waals surface area contributed by atoms with E-state index in [1.807, 2.05) is 0 Å². The average Bonchev–Trinajstić information content (AvgIpc) is 3.64. The first-order chi connectivity index (χ1) is 21.7. The van der Waals surface area contributed by atoms with Gasteiger partial charge in [-0.25, -0.2) is 0 Å². The standard InChI is InChI=1S/C44H38/c1-3-29-21-23-41(37-19-11-9-15-33(29)37)43-27-31-13-5-7-17-35(31)39(43)25-26-40-36-18-8-6-14-32(36)28-44(40)42-24-22-30(4-2)34-16-10-12-20-38(34)42/h5-24,27-28,39-40H,3-4,25-26H2,1-2H3. The Morgan fingerprint density at radius 1 is 0.409 bits per heavy atom. The molecule has 0 radical (unpaired) electrons. The molecule has 0 saturated carbocycles. The molecule has 0 fully saturated rings. The Morgan fingerprint density at radius 3 is 1.23 bits per heavy atom. The molecule has 2 aliphatic carbocycles. The molecule has 0 saturated heterocycles. The van der Waals surface area contributed by atoms with Crippen LogP contribution in [0.4, 0.5) is 0 Å². The van der Waals surface area contributed by atoms with Crippen molar-refractivity contribution in [2.45, 2.75) is 51.4 Å². The molecule has 0 nitrogen and oxygen atoms in total. The molecule has 214 valence electrons. The Hall–Kier alpha value is -4.68. The van der Waals surface area contributed by atoms with Gasteiger partial charge in [0.1, 0.15) is 0 Å². The number of allylic oxidation sites excluding steroid dienone is 2. The molecule has 0 aliphatic heterocycles. The number of hydrogen-bond acceptors (Lipinski definition) is 0. The number of hydrogen-bond donors (Lipinski definition) is 0. The average molecular weight is 567 g/mol. The first-order valence-electron chi connectivity index (χ1n) is 16.4. The Kier molecular flexibility index (Phi) is 6.79. The second-order valence-corrected chi connectivity index (χ2v) is 12.5. The Balaban J connectivity index is 1.20. The first-order valence-corrected chi connectivity index (χ1v) is 16.4. The van der Waals surface area contributed by atoms with Crippen LogP contribution >= 0.6 is 0 Å². The van der Waals surface area contributed by atoms with Crippen LogP contribution in [0.2, 0.25) is 0 Å². The monoisotopic (exact) mass is 566 g/mol. The van der Waals surface area contributed by atoms with Crippen LogP contribution in [0, 0.1) is 0 Å². The van der Waals surface area contributed by atoms with Crippen molar-refractivity contribution in [3.8, 4) is 0 Å². The van der Waals surface area contributed by atoms with E-state index in [4.69, 9.17) is 0 Å². The Morgan fingerprint density at radius 2 is 0.795 bits per heavy atom. The summed E-state index contributed by atoms with van der Waals surface area (Å²) in [5, 5.41) is 5.54. The summed E-state index contributed by atoms with van der Waals surface area (Å²) in [6.07, 6.45) is 9.26. The van der Waals surface area contributed by atoms with Crippen LogP contribution in [0.3, 0.4) is 0 Å². The van der Waals surface area contributed by atoms with Crippen LogP contribution < -0.4 is 0 Å². The van der Waals surface area contributed by atoms with Gasteiger partial charge in [-0.1, -0.05) is 147 Å². The van der Waals surface area contributed by atoms with Gasteiger partial charge in [0.2, 0.25) is 0 Å². The maximum atomic E-state index is 2.48. The van der Waals surface area contributed by atoms with Crippen molar-refractivity contribution in [1.29, 1.82) is 0 Å². The van der Waals surface area contributed by atoms with Gasteiger partial charge in [0.05, 0.1) is 0 Å². The van der Waals surface area contributed by atoms with E-state index in [1.54, 1.807) is 0 Å². The van der Waals surface area contributed by atoms with Gasteiger partial charge in [-0.15, -0.1) is 0 Å². The van der Waals surface area contributed by atoms with E-state index < -0.39 is 0 Å². The molecule has 0 spiro atoms. The fourth-order valence-corrected chi connectivity index (χ4v) is 8.12. The van der Waals surface area contributed by atoms with Crippen molar-refractivity contribution in [2.75, 3.05) is 0 Å². The molecule has 6 aromatic rings. The maximum absolute atomic E-state index is 2.48. The molecule has 0 heterocycles. The lowest BCUT2D eigenvalue weighted by atomic mass is 9.79.